The maximum atomic E-state index is 12.7. The first-order valence-electron chi connectivity index (χ1n) is 6.72. The highest BCUT2D eigenvalue weighted by atomic mass is 79.9. The van der Waals surface area contributed by atoms with Gasteiger partial charge in [0.2, 0.25) is 0 Å². The minimum atomic E-state index is -0.152. The number of aromatic nitrogens is 2. The van der Waals surface area contributed by atoms with Crippen molar-refractivity contribution in [2.45, 2.75) is 13.3 Å². The average Bonchev–Trinajstić information content (AvgIpc) is 2.53. The summed E-state index contributed by atoms with van der Waals surface area (Å²) in [5.41, 5.74) is 0.519. The summed E-state index contributed by atoms with van der Waals surface area (Å²) in [5.74, 6) is 1.04. The molecule has 0 spiro atoms. The molecule has 0 fully saturated rings. The molecule has 21 heavy (non-hydrogen) atoms. The highest BCUT2D eigenvalue weighted by Gasteiger charge is 2.19. The van der Waals surface area contributed by atoms with E-state index in [0.717, 1.165) is 17.4 Å². The van der Waals surface area contributed by atoms with E-state index in [-0.39, 0.29) is 5.91 Å². The highest BCUT2D eigenvalue weighted by Crippen LogP contribution is 2.21. The van der Waals surface area contributed by atoms with Gasteiger partial charge in [-0.3, -0.25) is 9.69 Å². The zero-order valence-electron chi connectivity index (χ0n) is 12.0. The molecule has 0 radical (unpaired) electrons. The van der Waals surface area contributed by atoms with Gasteiger partial charge < -0.3 is 5.32 Å². The van der Waals surface area contributed by atoms with Gasteiger partial charge in [-0.2, -0.15) is 0 Å². The van der Waals surface area contributed by atoms with Gasteiger partial charge in [0.1, 0.15) is 11.6 Å². The van der Waals surface area contributed by atoms with Crippen molar-refractivity contribution in [2.24, 2.45) is 0 Å². The summed E-state index contributed by atoms with van der Waals surface area (Å²) in [6, 6.07) is 7.23. The molecule has 1 amide bonds. The van der Waals surface area contributed by atoms with Crippen molar-refractivity contribution in [1.82, 2.24) is 9.97 Å². The van der Waals surface area contributed by atoms with Crippen molar-refractivity contribution in [1.29, 1.82) is 0 Å². The van der Waals surface area contributed by atoms with Gasteiger partial charge in [0, 0.05) is 30.5 Å². The van der Waals surface area contributed by atoms with Crippen LogP contribution in [0.3, 0.4) is 0 Å². The second kappa shape index (κ2) is 7.17. The summed E-state index contributed by atoms with van der Waals surface area (Å²) in [7, 11) is 1.70. The fourth-order valence-electron chi connectivity index (χ4n) is 1.82. The van der Waals surface area contributed by atoms with E-state index < -0.39 is 0 Å². The number of hydrogen-bond donors (Lipinski definition) is 1. The predicted octanol–water partition coefficient (Wildman–Crippen LogP) is 3.34. The van der Waals surface area contributed by atoms with Gasteiger partial charge in [-0.1, -0.05) is 13.0 Å². The molecule has 2 aromatic heterocycles. The first kappa shape index (κ1) is 15.4. The number of carbonyl (C=O) groups excluding carboxylic acids is 1. The minimum absolute atomic E-state index is 0.152. The van der Waals surface area contributed by atoms with Crippen LogP contribution in [0, 0.1) is 0 Å². The van der Waals surface area contributed by atoms with E-state index in [9.17, 15) is 4.79 Å². The van der Waals surface area contributed by atoms with Crippen molar-refractivity contribution in [3.05, 3.63) is 46.7 Å². The van der Waals surface area contributed by atoms with Crippen molar-refractivity contribution in [3.8, 4) is 0 Å². The number of pyridine rings is 2. The molecule has 2 aromatic rings. The molecule has 5 nitrogen and oxygen atoms in total. The maximum absolute atomic E-state index is 12.7. The van der Waals surface area contributed by atoms with Crippen LogP contribution in [0.1, 0.15) is 23.7 Å². The first-order chi connectivity index (χ1) is 10.1. The number of amides is 1. The molecule has 0 aliphatic carbocycles. The Balaban J connectivity index is 2.31. The fourth-order valence-corrected chi connectivity index (χ4v) is 2.15. The molecule has 6 heteroatoms. The van der Waals surface area contributed by atoms with Crippen molar-refractivity contribution < 1.29 is 4.79 Å². The van der Waals surface area contributed by atoms with Crippen LogP contribution >= 0.6 is 15.9 Å². The minimum Gasteiger partial charge on any atom is -0.369 e. The summed E-state index contributed by atoms with van der Waals surface area (Å²) in [5, 5.41) is 3.18. The van der Waals surface area contributed by atoms with E-state index in [1.165, 1.54) is 4.90 Å². The third-order valence-electron chi connectivity index (χ3n) is 2.92. The second-order valence-electron chi connectivity index (χ2n) is 4.53. The lowest BCUT2D eigenvalue weighted by Gasteiger charge is -2.18. The quantitative estimate of drug-likeness (QED) is 0.900. The Morgan fingerprint density at radius 1 is 1.38 bits per heavy atom. The Bertz CT molecular complexity index is 618. The monoisotopic (exact) mass is 348 g/mol. The van der Waals surface area contributed by atoms with E-state index in [1.54, 1.807) is 31.6 Å². The molecule has 110 valence electrons. The summed E-state index contributed by atoms with van der Waals surface area (Å²) >= 11 is 3.36. The van der Waals surface area contributed by atoms with Gasteiger partial charge in [-0.05, 0) is 40.5 Å². The maximum Gasteiger partial charge on any atom is 0.262 e. The summed E-state index contributed by atoms with van der Waals surface area (Å²) < 4.78 is 0.766. The van der Waals surface area contributed by atoms with Crippen molar-refractivity contribution >= 4 is 33.5 Å². The first-order valence-corrected chi connectivity index (χ1v) is 7.51. The van der Waals surface area contributed by atoms with Gasteiger partial charge in [0.05, 0.1) is 5.56 Å². The van der Waals surface area contributed by atoms with Crippen LogP contribution in [-0.2, 0) is 0 Å². The summed E-state index contributed by atoms with van der Waals surface area (Å²) in [6.07, 6.45) is 4.30. The Hall–Kier alpha value is -1.95. The molecule has 0 aromatic carbocycles. The smallest absolute Gasteiger partial charge is 0.262 e. The SMILES string of the molecule is CCCNc1ncc(Br)cc1C(=O)N(C)c1ccccn1. The number of anilines is 2. The summed E-state index contributed by atoms with van der Waals surface area (Å²) in [6.45, 7) is 2.83. The number of nitrogens with zero attached hydrogens (tertiary/aromatic N) is 3. The van der Waals surface area contributed by atoms with Crippen LogP contribution in [-0.4, -0.2) is 29.5 Å². The van der Waals surface area contributed by atoms with Crippen LogP contribution in [0.15, 0.2) is 41.1 Å². The van der Waals surface area contributed by atoms with Crippen molar-refractivity contribution in [2.75, 3.05) is 23.8 Å². The van der Waals surface area contributed by atoms with Crippen LogP contribution in [0.5, 0.6) is 0 Å². The zero-order valence-corrected chi connectivity index (χ0v) is 13.6. The number of halogens is 1. The summed E-state index contributed by atoms with van der Waals surface area (Å²) in [4.78, 5) is 22.7. The van der Waals surface area contributed by atoms with Gasteiger partial charge in [-0.25, -0.2) is 9.97 Å². The van der Waals surface area contributed by atoms with Crippen LogP contribution in [0.2, 0.25) is 0 Å². The molecule has 0 aliphatic heterocycles. The topological polar surface area (TPSA) is 58.1 Å². The molecule has 2 rings (SSSR count). The average molecular weight is 349 g/mol. The molecule has 0 atom stereocenters. The lowest BCUT2D eigenvalue weighted by molar-refractivity contribution is 0.0992. The third-order valence-corrected chi connectivity index (χ3v) is 3.36. The molecular weight excluding hydrogens is 332 g/mol. The molecule has 0 unspecified atom stereocenters. The van der Waals surface area contributed by atoms with E-state index in [0.29, 0.717) is 17.2 Å². The van der Waals surface area contributed by atoms with E-state index in [4.69, 9.17) is 0 Å². The zero-order chi connectivity index (χ0) is 15.2. The Kier molecular flexibility index (Phi) is 5.27. The van der Waals surface area contributed by atoms with Gasteiger partial charge in [-0.15, -0.1) is 0 Å². The molecular formula is C15H17BrN4O. The lowest BCUT2D eigenvalue weighted by Crippen LogP contribution is -2.28. The molecule has 0 bridgehead atoms. The third kappa shape index (κ3) is 3.78. The van der Waals surface area contributed by atoms with Crippen LogP contribution in [0.25, 0.3) is 0 Å². The van der Waals surface area contributed by atoms with E-state index in [2.05, 4.69) is 38.1 Å². The van der Waals surface area contributed by atoms with Crippen LogP contribution in [0.4, 0.5) is 11.6 Å². The Morgan fingerprint density at radius 3 is 2.86 bits per heavy atom. The largest absolute Gasteiger partial charge is 0.369 e. The number of nitrogens with one attached hydrogen (secondary N) is 1. The number of rotatable bonds is 5. The normalized spacial score (nSPS) is 10.2. The fraction of sp³-hybridized carbons (Fsp3) is 0.267. The van der Waals surface area contributed by atoms with Gasteiger partial charge in [0.15, 0.2) is 0 Å². The van der Waals surface area contributed by atoms with E-state index >= 15 is 0 Å². The number of carbonyl (C=O) groups is 1. The van der Waals surface area contributed by atoms with Gasteiger partial charge in [0.25, 0.3) is 5.91 Å². The van der Waals surface area contributed by atoms with E-state index in [1.807, 2.05) is 12.1 Å². The lowest BCUT2D eigenvalue weighted by atomic mass is 10.2. The van der Waals surface area contributed by atoms with Crippen LogP contribution < -0.4 is 10.2 Å². The van der Waals surface area contributed by atoms with Gasteiger partial charge >= 0.3 is 0 Å². The second-order valence-corrected chi connectivity index (χ2v) is 5.44. The Labute approximate surface area is 132 Å². The number of hydrogen-bond acceptors (Lipinski definition) is 4. The molecule has 0 saturated carbocycles. The van der Waals surface area contributed by atoms with Crippen molar-refractivity contribution in [3.63, 3.8) is 0 Å². The predicted molar refractivity (Wildman–Crippen MR) is 87.7 cm³/mol. The Morgan fingerprint density at radius 2 is 2.19 bits per heavy atom. The molecule has 0 aliphatic rings. The molecule has 2 heterocycles. The highest BCUT2D eigenvalue weighted by molar-refractivity contribution is 9.10. The molecule has 0 saturated heterocycles. The standard InChI is InChI=1S/C15H17BrN4O/c1-3-7-18-14-12(9-11(16)10-19-14)15(21)20(2)13-6-4-5-8-17-13/h4-6,8-10H,3,7H2,1-2H3,(H,18,19). The molecule has 1 N–H and O–H groups in total.